The average Bonchev–Trinajstić information content (AvgIpc) is 2.78. The lowest BCUT2D eigenvalue weighted by Crippen LogP contribution is -1.99. The van der Waals surface area contributed by atoms with Gasteiger partial charge in [0, 0.05) is 0 Å². The molecule has 0 N–H and O–H groups in total. The summed E-state index contributed by atoms with van der Waals surface area (Å²) in [6.45, 7) is 2.10. The van der Waals surface area contributed by atoms with E-state index < -0.39 is 0 Å². The molecule has 0 saturated carbocycles. The number of rotatable bonds is 3. The van der Waals surface area contributed by atoms with Gasteiger partial charge in [-0.05, 0) is 24.1 Å². The van der Waals surface area contributed by atoms with Gasteiger partial charge in [0.25, 0.3) is 0 Å². The number of aryl methyl sites for hydroxylation is 1. The highest BCUT2D eigenvalue weighted by Crippen LogP contribution is 2.08. The fourth-order valence-electron chi connectivity index (χ4n) is 1.32. The Bertz CT molecular complexity index is 459. The molecule has 2 aromatic rings. The van der Waals surface area contributed by atoms with Gasteiger partial charge in [-0.25, -0.2) is 0 Å². The summed E-state index contributed by atoms with van der Waals surface area (Å²) in [6, 6.07) is 7.93. The first-order chi connectivity index (χ1) is 7.33. The predicted molar refractivity (Wildman–Crippen MR) is 56.1 cm³/mol. The standard InChI is InChI=1S/C11H11N3O/c1-2-9-3-5-11(6-4-9)14-12-7-10(8-15)13-14/h3-8H,2H2,1H3. The monoisotopic (exact) mass is 201 g/mol. The van der Waals surface area contributed by atoms with Gasteiger partial charge in [-0.3, -0.25) is 4.79 Å². The van der Waals surface area contributed by atoms with Crippen molar-refractivity contribution in [3.63, 3.8) is 0 Å². The highest BCUT2D eigenvalue weighted by atomic mass is 16.1. The number of hydrogen-bond donors (Lipinski definition) is 0. The van der Waals surface area contributed by atoms with Gasteiger partial charge >= 0.3 is 0 Å². The third kappa shape index (κ3) is 1.93. The molecule has 0 fully saturated rings. The van der Waals surface area contributed by atoms with Crippen molar-refractivity contribution in [3.8, 4) is 5.69 Å². The van der Waals surface area contributed by atoms with Gasteiger partial charge in [0.1, 0.15) is 5.69 Å². The van der Waals surface area contributed by atoms with E-state index >= 15 is 0 Å². The molecule has 1 aromatic heterocycles. The molecule has 0 amide bonds. The van der Waals surface area contributed by atoms with Gasteiger partial charge in [-0.15, -0.1) is 5.10 Å². The molecule has 0 aliphatic carbocycles. The van der Waals surface area contributed by atoms with E-state index in [1.54, 1.807) is 0 Å². The van der Waals surface area contributed by atoms with Gasteiger partial charge in [0.2, 0.25) is 0 Å². The van der Waals surface area contributed by atoms with E-state index in [4.69, 9.17) is 0 Å². The second kappa shape index (κ2) is 4.04. The second-order valence-electron chi connectivity index (χ2n) is 3.20. The molecule has 4 nitrogen and oxygen atoms in total. The fraction of sp³-hybridized carbons (Fsp3) is 0.182. The van der Waals surface area contributed by atoms with E-state index in [1.807, 2.05) is 24.3 Å². The Hall–Kier alpha value is -1.97. The van der Waals surface area contributed by atoms with Crippen molar-refractivity contribution in [1.29, 1.82) is 0 Å². The van der Waals surface area contributed by atoms with Crippen LogP contribution in [0.2, 0.25) is 0 Å². The highest BCUT2D eigenvalue weighted by Gasteiger charge is 2.01. The van der Waals surface area contributed by atoms with E-state index in [1.165, 1.54) is 16.6 Å². The number of nitrogens with zero attached hydrogens (tertiary/aromatic N) is 3. The molecule has 1 heterocycles. The lowest BCUT2D eigenvalue weighted by molar-refractivity contribution is 0.111. The zero-order valence-electron chi connectivity index (χ0n) is 8.42. The van der Waals surface area contributed by atoms with Gasteiger partial charge in [-0.1, -0.05) is 19.1 Å². The molecular formula is C11H11N3O. The summed E-state index contributed by atoms with van der Waals surface area (Å²) in [5, 5.41) is 7.98. The summed E-state index contributed by atoms with van der Waals surface area (Å²) in [7, 11) is 0. The average molecular weight is 201 g/mol. The number of aromatic nitrogens is 3. The van der Waals surface area contributed by atoms with E-state index in [2.05, 4.69) is 17.1 Å². The maximum Gasteiger partial charge on any atom is 0.171 e. The molecule has 0 atom stereocenters. The van der Waals surface area contributed by atoms with Crippen LogP contribution >= 0.6 is 0 Å². The van der Waals surface area contributed by atoms with Crippen LogP contribution in [-0.4, -0.2) is 21.3 Å². The Balaban J connectivity index is 2.32. The minimum absolute atomic E-state index is 0.342. The van der Waals surface area contributed by atoms with E-state index in [0.29, 0.717) is 12.0 Å². The SMILES string of the molecule is CCc1ccc(-n2ncc(C=O)n2)cc1. The number of aldehydes is 1. The molecule has 0 unspecified atom stereocenters. The van der Waals surface area contributed by atoms with Crippen molar-refractivity contribution < 1.29 is 4.79 Å². The normalized spacial score (nSPS) is 10.2. The van der Waals surface area contributed by atoms with Crippen LogP contribution in [0, 0.1) is 0 Å². The lowest BCUT2D eigenvalue weighted by atomic mass is 10.2. The van der Waals surface area contributed by atoms with Crippen molar-refractivity contribution in [1.82, 2.24) is 15.0 Å². The van der Waals surface area contributed by atoms with Crippen molar-refractivity contribution >= 4 is 6.29 Å². The molecule has 0 spiro atoms. The summed E-state index contributed by atoms with van der Waals surface area (Å²) in [4.78, 5) is 11.9. The van der Waals surface area contributed by atoms with E-state index in [9.17, 15) is 4.79 Å². The van der Waals surface area contributed by atoms with Gasteiger partial charge in [-0.2, -0.15) is 9.90 Å². The first kappa shape index (κ1) is 9.58. The Morgan fingerprint density at radius 1 is 1.33 bits per heavy atom. The molecule has 0 saturated heterocycles. The van der Waals surface area contributed by atoms with Gasteiger partial charge < -0.3 is 0 Å². The Morgan fingerprint density at radius 3 is 2.60 bits per heavy atom. The molecule has 0 aliphatic heterocycles. The Kier molecular flexibility index (Phi) is 2.58. The number of carbonyl (C=O) groups is 1. The van der Waals surface area contributed by atoms with Crippen molar-refractivity contribution in [2.24, 2.45) is 0 Å². The first-order valence-corrected chi connectivity index (χ1v) is 4.80. The zero-order valence-corrected chi connectivity index (χ0v) is 8.42. The highest BCUT2D eigenvalue weighted by molar-refractivity contribution is 5.70. The van der Waals surface area contributed by atoms with E-state index in [-0.39, 0.29) is 0 Å². The Morgan fingerprint density at radius 2 is 2.07 bits per heavy atom. The minimum Gasteiger partial charge on any atom is -0.296 e. The van der Waals surface area contributed by atoms with Gasteiger partial charge in [0.15, 0.2) is 6.29 Å². The van der Waals surface area contributed by atoms with Crippen LogP contribution in [0.25, 0.3) is 5.69 Å². The largest absolute Gasteiger partial charge is 0.296 e. The van der Waals surface area contributed by atoms with Gasteiger partial charge in [0.05, 0.1) is 11.9 Å². The fourth-order valence-corrected chi connectivity index (χ4v) is 1.32. The molecular weight excluding hydrogens is 190 g/mol. The Labute approximate surface area is 87.5 Å². The van der Waals surface area contributed by atoms with Crippen LogP contribution in [0.4, 0.5) is 0 Å². The summed E-state index contributed by atoms with van der Waals surface area (Å²) >= 11 is 0. The topological polar surface area (TPSA) is 47.8 Å². The van der Waals surface area contributed by atoms with Crippen LogP contribution in [0.15, 0.2) is 30.5 Å². The number of carbonyl (C=O) groups excluding carboxylic acids is 1. The maximum atomic E-state index is 10.4. The zero-order chi connectivity index (χ0) is 10.7. The van der Waals surface area contributed by atoms with Crippen molar-refractivity contribution in [3.05, 3.63) is 41.7 Å². The quantitative estimate of drug-likeness (QED) is 0.709. The van der Waals surface area contributed by atoms with Crippen molar-refractivity contribution in [2.45, 2.75) is 13.3 Å². The number of hydrogen-bond acceptors (Lipinski definition) is 3. The maximum absolute atomic E-state index is 10.4. The molecule has 0 bridgehead atoms. The van der Waals surface area contributed by atoms with Crippen molar-refractivity contribution in [2.75, 3.05) is 0 Å². The molecule has 0 aliphatic rings. The third-order valence-corrected chi connectivity index (χ3v) is 2.21. The number of benzene rings is 1. The summed E-state index contributed by atoms with van der Waals surface area (Å²) in [6.07, 6.45) is 3.14. The van der Waals surface area contributed by atoms with Crippen LogP contribution in [0.3, 0.4) is 0 Å². The second-order valence-corrected chi connectivity index (χ2v) is 3.20. The van der Waals surface area contributed by atoms with Crippen LogP contribution in [0.5, 0.6) is 0 Å². The molecule has 76 valence electrons. The first-order valence-electron chi connectivity index (χ1n) is 4.80. The third-order valence-electron chi connectivity index (χ3n) is 2.21. The summed E-state index contributed by atoms with van der Waals surface area (Å²) in [5.74, 6) is 0. The molecule has 1 aromatic carbocycles. The minimum atomic E-state index is 0.342. The molecule has 2 rings (SSSR count). The smallest absolute Gasteiger partial charge is 0.171 e. The van der Waals surface area contributed by atoms with Crippen LogP contribution in [-0.2, 0) is 6.42 Å². The summed E-state index contributed by atoms with van der Waals surface area (Å²) < 4.78 is 0. The summed E-state index contributed by atoms with van der Waals surface area (Å²) in [5.41, 5.74) is 2.47. The van der Waals surface area contributed by atoms with Crippen LogP contribution < -0.4 is 0 Å². The predicted octanol–water partition coefficient (Wildman–Crippen LogP) is 1.64. The van der Waals surface area contributed by atoms with Crippen LogP contribution in [0.1, 0.15) is 23.0 Å². The molecule has 0 radical (unpaired) electrons. The molecule has 15 heavy (non-hydrogen) atoms. The molecule has 4 heteroatoms. The van der Waals surface area contributed by atoms with E-state index in [0.717, 1.165) is 12.1 Å². The lowest BCUT2D eigenvalue weighted by Gasteiger charge is -2.00.